The molecule has 2 aliphatic rings. The first-order valence-electron chi connectivity index (χ1n) is 6.67. The minimum Gasteiger partial charge on any atom is -0.354 e. The molecule has 96 valence electrons. The molecule has 1 aliphatic carbocycles. The number of amides is 2. The summed E-state index contributed by atoms with van der Waals surface area (Å²) in [6, 6.07) is 0.553. The molecule has 1 N–H and O–H groups in total. The van der Waals surface area contributed by atoms with E-state index in [0.29, 0.717) is 19.0 Å². The zero-order valence-electron chi connectivity index (χ0n) is 10.7. The SMILES string of the molecule is CC(C)NC(=O)C1CC(=O)N(C2CCCC2)C1. The van der Waals surface area contributed by atoms with Crippen LogP contribution in [-0.4, -0.2) is 35.3 Å². The zero-order chi connectivity index (χ0) is 12.4. The Bertz CT molecular complexity index is 309. The highest BCUT2D eigenvalue weighted by atomic mass is 16.2. The number of carbonyl (C=O) groups excluding carboxylic acids is 2. The highest BCUT2D eigenvalue weighted by molar-refractivity contribution is 5.89. The van der Waals surface area contributed by atoms with E-state index in [1.165, 1.54) is 12.8 Å². The van der Waals surface area contributed by atoms with E-state index in [0.717, 1.165) is 12.8 Å². The lowest BCUT2D eigenvalue weighted by molar-refractivity contribution is -0.130. The van der Waals surface area contributed by atoms with Crippen molar-refractivity contribution < 1.29 is 9.59 Å². The maximum atomic E-state index is 11.9. The summed E-state index contributed by atoms with van der Waals surface area (Å²) < 4.78 is 0. The van der Waals surface area contributed by atoms with Gasteiger partial charge in [0.05, 0.1) is 5.92 Å². The lowest BCUT2D eigenvalue weighted by Gasteiger charge is -2.24. The molecule has 17 heavy (non-hydrogen) atoms. The number of rotatable bonds is 3. The second-order valence-electron chi connectivity index (χ2n) is 5.55. The summed E-state index contributed by atoms with van der Waals surface area (Å²) in [7, 11) is 0. The lowest BCUT2D eigenvalue weighted by Crippen LogP contribution is -2.38. The van der Waals surface area contributed by atoms with E-state index in [-0.39, 0.29) is 23.8 Å². The summed E-state index contributed by atoms with van der Waals surface area (Å²) in [5.41, 5.74) is 0. The van der Waals surface area contributed by atoms with Crippen molar-refractivity contribution in [3.63, 3.8) is 0 Å². The van der Waals surface area contributed by atoms with Crippen molar-refractivity contribution in [1.29, 1.82) is 0 Å². The van der Waals surface area contributed by atoms with Gasteiger partial charge in [-0.25, -0.2) is 0 Å². The third-order valence-corrected chi connectivity index (χ3v) is 3.73. The number of nitrogens with zero attached hydrogens (tertiary/aromatic N) is 1. The van der Waals surface area contributed by atoms with E-state index in [2.05, 4.69) is 5.32 Å². The van der Waals surface area contributed by atoms with Gasteiger partial charge in [0.1, 0.15) is 0 Å². The standard InChI is InChI=1S/C13H22N2O2/c1-9(2)14-13(17)10-7-12(16)15(8-10)11-5-3-4-6-11/h9-11H,3-8H2,1-2H3,(H,14,17). The molecule has 1 aliphatic heterocycles. The topological polar surface area (TPSA) is 49.4 Å². The molecule has 0 spiro atoms. The average Bonchev–Trinajstić information content (AvgIpc) is 2.84. The molecular weight excluding hydrogens is 216 g/mol. The molecule has 4 nitrogen and oxygen atoms in total. The third kappa shape index (κ3) is 2.79. The van der Waals surface area contributed by atoms with Crippen molar-refractivity contribution in [1.82, 2.24) is 10.2 Å². The molecule has 1 atom stereocenters. The number of hydrogen-bond donors (Lipinski definition) is 1. The van der Waals surface area contributed by atoms with Crippen LogP contribution in [0.25, 0.3) is 0 Å². The van der Waals surface area contributed by atoms with Gasteiger partial charge < -0.3 is 10.2 Å². The van der Waals surface area contributed by atoms with Crippen LogP contribution in [0.5, 0.6) is 0 Å². The second kappa shape index (κ2) is 5.07. The maximum absolute atomic E-state index is 11.9. The summed E-state index contributed by atoms with van der Waals surface area (Å²) in [6.45, 7) is 4.52. The van der Waals surface area contributed by atoms with Crippen molar-refractivity contribution in [3.8, 4) is 0 Å². The fraction of sp³-hybridized carbons (Fsp3) is 0.846. The van der Waals surface area contributed by atoms with E-state index in [9.17, 15) is 9.59 Å². The van der Waals surface area contributed by atoms with E-state index < -0.39 is 0 Å². The normalized spacial score (nSPS) is 25.9. The fourth-order valence-electron chi connectivity index (χ4n) is 2.88. The van der Waals surface area contributed by atoms with Gasteiger partial charge in [-0.15, -0.1) is 0 Å². The van der Waals surface area contributed by atoms with Crippen molar-refractivity contribution in [2.75, 3.05) is 6.54 Å². The molecule has 1 saturated carbocycles. The number of carbonyl (C=O) groups is 2. The predicted octanol–water partition coefficient (Wildman–Crippen LogP) is 1.30. The van der Waals surface area contributed by atoms with Crippen molar-refractivity contribution >= 4 is 11.8 Å². The van der Waals surface area contributed by atoms with E-state index in [4.69, 9.17) is 0 Å². The largest absolute Gasteiger partial charge is 0.354 e. The third-order valence-electron chi connectivity index (χ3n) is 3.73. The second-order valence-corrected chi connectivity index (χ2v) is 5.55. The Balaban J connectivity index is 1.92. The van der Waals surface area contributed by atoms with E-state index in [1.807, 2.05) is 18.7 Å². The molecule has 1 heterocycles. The minimum atomic E-state index is -0.134. The minimum absolute atomic E-state index is 0.0360. The number of hydrogen-bond acceptors (Lipinski definition) is 2. The number of nitrogens with one attached hydrogen (secondary N) is 1. The van der Waals surface area contributed by atoms with Crippen LogP contribution < -0.4 is 5.32 Å². The first-order chi connectivity index (χ1) is 8.08. The highest BCUT2D eigenvalue weighted by Gasteiger charge is 2.38. The smallest absolute Gasteiger partial charge is 0.225 e. The van der Waals surface area contributed by atoms with Gasteiger partial charge in [0, 0.05) is 25.0 Å². The molecule has 2 amide bonds. The van der Waals surface area contributed by atoms with E-state index >= 15 is 0 Å². The molecule has 1 unspecified atom stereocenters. The van der Waals surface area contributed by atoms with Crippen LogP contribution in [0.4, 0.5) is 0 Å². The fourth-order valence-corrected chi connectivity index (χ4v) is 2.88. The molecule has 2 fully saturated rings. The van der Waals surface area contributed by atoms with Gasteiger partial charge >= 0.3 is 0 Å². The van der Waals surface area contributed by atoms with Crippen molar-refractivity contribution in [2.24, 2.45) is 5.92 Å². The van der Waals surface area contributed by atoms with Gasteiger partial charge in [0.25, 0.3) is 0 Å². The quantitative estimate of drug-likeness (QED) is 0.805. The number of likely N-dealkylation sites (tertiary alicyclic amines) is 1. The Hall–Kier alpha value is -1.06. The maximum Gasteiger partial charge on any atom is 0.225 e. The van der Waals surface area contributed by atoms with E-state index in [1.54, 1.807) is 0 Å². The molecule has 0 aromatic rings. The molecule has 2 rings (SSSR count). The molecule has 1 saturated heterocycles. The van der Waals surface area contributed by atoms with Crippen LogP contribution >= 0.6 is 0 Å². The van der Waals surface area contributed by atoms with Gasteiger partial charge in [-0.05, 0) is 26.7 Å². The van der Waals surface area contributed by atoms with Crippen LogP contribution in [0.3, 0.4) is 0 Å². The highest BCUT2D eigenvalue weighted by Crippen LogP contribution is 2.29. The molecule has 0 aromatic heterocycles. The Morgan fingerprint density at radius 2 is 2.00 bits per heavy atom. The summed E-state index contributed by atoms with van der Waals surface area (Å²) in [6.07, 6.45) is 5.07. The summed E-state index contributed by atoms with van der Waals surface area (Å²) >= 11 is 0. The van der Waals surface area contributed by atoms with Gasteiger partial charge in [-0.1, -0.05) is 12.8 Å². The molecule has 4 heteroatoms. The van der Waals surface area contributed by atoms with Crippen molar-refractivity contribution in [3.05, 3.63) is 0 Å². The molecule has 0 aromatic carbocycles. The van der Waals surface area contributed by atoms with Crippen molar-refractivity contribution in [2.45, 2.75) is 58.0 Å². The van der Waals surface area contributed by atoms with Gasteiger partial charge in [-0.3, -0.25) is 9.59 Å². The first kappa shape index (κ1) is 12.4. The summed E-state index contributed by atoms with van der Waals surface area (Å²) in [4.78, 5) is 25.7. The van der Waals surface area contributed by atoms with Crippen LogP contribution in [0.15, 0.2) is 0 Å². The van der Waals surface area contributed by atoms with Gasteiger partial charge in [0.15, 0.2) is 0 Å². The summed E-state index contributed by atoms with van der Waals surface area (Å²) in [5.74, 6) is 0.0696. The van der Waals surface area contributed by atoms with Crippen LogP contribution in [0.1, 0.15) is 46.0 Å². The Morgan fingerprint density at radius 1 is 1.35 bits per heavy atom. The molecule has 0 bridgehead atoms. The Labute approximate surface area is 103 Å². The van der Waals surface area contributed by atoms with Crippen LogP contribution in [-0.2, 0) is 9.59 Å². The van der Waals surface area contributed by atoms with Gasteiger partial charge in [0.2, 0.25) is 11.8 Å². The lowest BCUT2D eigenvalue weighted by atomic mass is 10.1. The predicted molar refractivity (Wildman–Crippen MR) is 65.4 cm³/mol. The monoisotopic (exact) mass is 238 g/mol. The van der Waals surface area contributed by atoms with Gasteiger partial charge in [-0.2, -0.15) is 0 Å². The first-order valence-corrected chi connectivity index (χ1v) is 6.67. The summed E-state index contributed by atoms with van der Waals surface area (Å²) in [5, 5.41) is 2.90. The molecule has 0 radical (unpaired) electrons. The zero-order valence-corrected chi connectivity index (χ0v) is 10.7. The Morgan fingerprint density at radius 3 is 2.59 bits per heavy atom. The van der Waals surface area contributed by atoms with Crippen LogP contribution in [0.2, 0.25) is 0 Å². The Kier molecular flexibility index (Phi) is 3.69. The van der Waals surface area contributed by atoms with Crippen LogP contribution in [0, 0.1) is 5.92 Å². The molecular formula is C13H22N2O2. The average molecular weight is 238 g/mol.